The summed E-state index contributed by atoms with van der Waals surface area (Å²) in [5.41, 5.74) is 3.55. The van der Waals surface area contributed by atoms with E-state index >= 15 is 0 Å². The standard InChI is InChI=1S/C12H19N5O/c1-17-5-3-9(8-17)6-15-12(18)10-2-4-14-7-11(10)16-13/h2,4,7,9,16H,3,5-6,8,13H2,1H3,(H,15,18). The van der Waals surface area contributed by atoms with Gasteiger partial charge in [0.05, 0.1) is 17.4 Å². The van der Waals surface area contributed by atoms with Gasteiger partial charge >= 0.3 is 0 Å². The molecular weight excluding hydrogens is 230 g/mol. The molecule has 1 amide bonds. The molecule has 0 spiro atoms. The quantitative estimate of drug-likeness (QED) is 0.519. The average molecular weight is 249 g/mol. The number of nitrogens with two attached hydrogens (primary N) is 1. The molecule has 0 aliphatic carbocycles. The Morgan fingerprint density at radius 3 is 3.17 bits per heavy atom. The minimum Gasteiger partial charge on any atom is -0.352 e. The van der Waals surface area contributed by atoms with E-state index in [4.69, 9.17) is 5.84 Å². The van der Waals surface area contributed by atoms with Crippen LogP contribution in [0.25, 0.3) is 0 Å². The zero-order valence-electron chi connectivity index (χ0n) is 10.5. The van der Waals surface area contributed by atoms with E-state index in [0.717, 1.165) is 19.5 Å². The molecule has 0 saturated carbocycles. The third-order valence-corrected chi connectivity index (χ3v) is 3.26. The number of carbonyl (C=O) groups excluding carboxylic acids is 1. The van der Waals surface area contributed by atoms with Crippen molar-refractivity contribution in [2.24, 2.45) is 11.8 Å². The summed E-state index contributed by atoms with van der Waals surface area (Å²) >= 11 is 0. The number of carbonyl (C=O) groups is 1. The van der Waals surface area contributed by atoms with Crippen LogP contribution in [0.1, 0.15) is 16.8 Å². The van der Waals surface area contributed by atoms with Crippen LogP contribution in [-0.4, -0.2) is 42.5 Å². The van der Waals surface area contributed by atoms with Gasteiger partial charge in [0.15, 0.2) is 0 Å². The molecule has 2 rings (SSSR count). The van der Waals surface area contributed by atoms with E-state index in [1.54, 1.807) is 12.3 Å². The van der Waals surface area contributed by atoms with Gasteiger partial charge in [0, 0.05) is 19.3 Å². The van der Waals surface area contributed by atoms with Crippen molar-refractivity contribution >= 4 is 11.6 Å². The second-order valence-corrected chi connectivity index (χ2v) is 4.69. The minimum atomic E-state index is -0.111. The van der Waals surface area contributed by atoms with E-state index in [-0.39, 0.29) is 5.91 Å². The van der Waals surface area contributed by atoms with Crippen molar-refractivity contribution in [3.8, 4) is 0 Å². The van der Waals surface area contributed by atoms with Gasteiger partial charge in [-0.3, -0.25) is 15.6 Å². The fraction of sp³-hybridized carbons (Fsp3) is 0.500. The number of amides is 1. The highest BCUT2D eigenvalue weighted by atomic mass is 16.1. The monoisotopic (exact) mass is 249 g/mol. The van der Waals surface area contributed by atoms with Crippen molar-refractivity contribution in [2.75, 3.05) is 32.1 Å². The highest BCUT2D eigenvalue weighted by Gasteiger charge is 2.20. The number of hydrazine groups is 1. The van der Waals surface area contributed by atoms with Crippen LogP contribution >= 0.6 is 0 Å². The zero-order valence-corrected chi connectivity index (χ0v) is 10.5. The van der Waals surface area contributed by atoms with Gasteiger partial charge in [-0.25, -0.2) is 0 Å². The second-order valence-electron chi connectivity index (χ2n) is 4.69. The minimum absolute atomic E-state index is 0.111. The van der Waals surface area contributed by atoms with E-state index in [0.29, 0.717) is 23.7 Å². The van der Waals surface area contributed by atoms with Crippen LogP contribution in [0, 0.1) is 5.92 Å². The Morgan fingerprint density at radius 2 is 2.50 bits per heavy atom. The Hall–Kier alpha value is -1.66. The molecule has 1 aromatic rings. The Balaban J connectivity index is 1.91. The van der Waals surface area contributed by atoms with E-state index < -0.39 is 0 Å². The van der Waals surface area contributed by atoms with Crippen LogP contribution in [-0.2, 0) is 0 Å². The molecule has 1 aliphatic rings. The summed E-state index contributed by atoms with van der Waals surface area (Å²) in [6.07, 6.45) is 4.26. The van der Waals surface area contributed by atoms with Gasteiger partial charge in [-0.2, -0.15) is 0 Å². The Kier molecular flexibility index (Phi) is 4.11. The first-order valence-corrected chi connectivity index (χ1v) is 6.08. The highest BCUT2D eigenvalue weighted by Crippen LogP contribution is 2.14. The first-order valence-electron chi connectivity index (χ1n) is 6.08. The maximum absolute atomic E-state index is 12.0. The smallest absolute Gasteiger partial charge is 0.253 e. The summed E-state index contributed by atoms with van der Waals surface area (Å²) in [5, 5.41) is 2.95. The SMILES string of the molecule is CN1CCC(CNC(=O)c2ccncc2NN)C1. The molecule has 4 N–H and O–H groups in total. The third kappa shape index (κ3) is 2.96. The molecule has 0 bridgehead atoms. The number of hydrogen-bond acceptors (Lipinski definition) is 5. The van der Waals surface area contributed by atoms with Crippen molar-refractivity contribution < 1.29 is 4.79 Å². The lowest BCUT2D eigenvalue weighted by atomic mass is 10.1. The predicted molar refractivity (Wildman–Crippen MR) is 70.0 cm³/mol. The van der Waals surface area contributed by atoms with Crippen molar-refractivity contribution in [1.29, 1.82) is 0 Å². The van der Waals surface area contributed by atoms with E-state index in [9.17, 15) is 4.79 Å². The van der Waals surface area contributed by atoms with E-state index in [2.05, 4.69) is 27.7 Å². The molecule has 18 heavy (non-hydrogen) atoms. The largest absolute Gasteiger partial charge is 0.352 e. The van der Waals surface area contributed by atoms with Crippen LogP contribution in [0.5, 0.6) is 0 Å². The molecule has 0 aromatic carbocycles. The Morgan fingerprint density at radius 1 is 1.67 bits per heavy atom. The first kappa shape index (κ1) is 12.8. The number of aromatic nitrogens is 1. The fourth-order valence-corrected chi connectivity index (χ4v) is 2.23. The Bertz CT molecular complexity index is 423. The molecule has 6 heteroatoms. The van der Waals surface area contributed by atoms with Crippen LogP contribution in [0.2, 0.25) is 0 Å². The predicted octanol–water partition coefficient (Wildman–Crippen LogP) is 0.0487. The number of hydrogen-bond donors (Lipinski definition) is 3. The number of nitrogens with zero attached hydrogens (tertiary/aromatic N) is 2. The van der Waals surface area contributed by atoms with Gasteiger partial charge in [-0.1, -0.05) is 0 Å². The summed E-state index contributed by atoms with van der Waals surface area (Å²) in [4.78, 5) is 18.2. The normalized spacial score (nSPS) is 19.8. The van der Waals surface area contributed by atoms with Crippen LogP contribution < -0.4 is 16.6 Å². The summed E-state index contributed by atoms with van der Waals surface area (Å²) in [5.74, 6) is 5.77. The molecular formula is C12H19N5O. The molecule has 2 heterocycles. The molecule has 1 saturated heterocycles. The number of nitrogens with one attached hydrogen (secondary N) is 2. The summed E-state index contributed by atoms with van der Waals surface area (Å²) in [6.45, 7) is 2.85. The van der Waals surface area contributed by atoms with Crippen molar-refractivity contribution in [1.82, 2.24) is 15.2 Å². The number of pyridine rings is 1. The van der Waals surface area contributed by atoms with Gasteiger partial charge in [-0.05, 0) is 32.0 Å². The summed E-state index contributed by atoms with van der Waals surface area (Å²) in [6, 6.07) is 1.66. The molecule has 0 radical (unpaired) electrons. The Labute approximate surface area is 107 Å². The van der Waals surface area contributed by atoms with Crippen LogP contribution in [0.3, 0.4) is 0 Å². The molecule has 1 unspecified atom stereocenters. The van der Waals surface area contributed by atoms with Gasteiger partial charge in [-0.15, -0.1) is 0 Å². The van der Waals surface area contributed by atoms with E-state index in [1.807, 2.05) is 0 Å². The first-order chi connectivity index (χ1) is 8.70. The third-order valence-electron chi connectivity index (χ3n) is 3.26. The molecule has 6 nitrogen and oxygen atoms in total. The molecule has 1 fully saturated rings. The van der Waals surface area contributed by atoms with E-state index in [1.165, 1.54) is 6.20 Å². The van der Waals surface area contributed by atoms with Gasteiger partial charge < -0.3 is 15.6 Å². The number of anilines is 1. The molecule has 98 valence electrons. The average Bonchev–Trinajstić information content (AvgIpc) is 2.81. The highest BCUT2D eigenvalue weighted by molar-refractivity contribution is 5.99. The topological polar surface area (TPSA) is 83.3 Å². The molecule has 1 aliphatic heterocycles. The lowest BCUT2D eigenvalue weighted by Crippen LogP contribution is -2.31. The van der Waals surface area contributed by atoms with Gasteiger partial charge in [0.1, 0.15) is 0 Å². The van der Waals surface area contributed by atoms with Crippen molar-refractivity contribution in [3.63, 3.8) is 0 Å². The maximum atomic E-state index is 12.0. The number of likely N-dealkylation sites (tertiary alicyclic amines) is 1. The zero-order chi connectivity index (χ0) is 13.0. The molecule has 1 atom stereocenters. The number of rotatable bonds is 4. The van der Waals surface area contributed by atoms with Crippen LogP contribution in [0.15, 0.2) is 18.5 Å². The summed E-state index contributed by atoms with van der Waals surface area (Å²) in [7, 11) is 2.10. The lowest BCUT2D eigenvalue weighted by Gasteiger charge is -2.13. The number of nitrogen functional groups attached to an aromatic ring is 1. The van der Waals surface area contributed by atoms with Gasteiger partial charge in [0.25, 0.3) is 5.91 Å². The van der Waals surface area contributed by atoms with Crippen molar-refractivity contribution in [3.05, 3.63) is 24.0 Å². The fourth-order valence-electron chi connectivity index (χ4n) is 2.23. The van der Waals surface area contributed by atoms with Crippen LogP contribution in [0.4, 0.5) is 5.69 Å². The van der Waals surface area contributed by atoms with Gasteiger partial charge in [0.2, 0.25) is 0 Å². The molecule has 1 aromatic heterocycles. The summed E-state index contributed by atoms with van der Waals surface area (Å²) < 4.78 is 0. The lowest BCUT2D eigenvalue weighted by molar-refractivity contribution is 0.0948. The van der Waals surface area contributed by atoms with Crippen molar-refractivity contribution in [2.45, 2.75) is 6.42 Å². The maximum Gasteiger partial charge on any atom is 0.253 e. The second kappa shape index (κ2) is 5.79.